The van der Waals surface area contributed by atoms with E-state index in [0.717, 1.165) is 75.9 Å². The van der Waals surface area contributed by atoms with Crippen molar-refractivity contribution >= 4 is 44.5 Å². The molecule has 0 saturated carbocycles. The largest absolute Gasteiger partial charge is 0.455 e. The summed E-state index contributed by atoms with van der Waals surface area (Å²) >= 11 is 0. The SMILES string of the molecule is CCCCCC(CC)N1C(=O)c2cccc3c(-c4cccc5c4oc4ccccc45)ccc(c23)C1=O. The topological polar surface area (TPSA) is 50.5 Å². The summed E-state index contributed by atoms with van der Waals surface area (Å²) in [5.74, 6) is -0.360. The third kappa shape index (κ3) is 3.35. The van der Waals surface area contributed by atoms with E-state index in [-0.39, 0.29) is 17.9 Å². The first-order chi connectivity index (χ1) is 17.6. The highest BCUT2D eigenvalue weighted by molar-refractivity contribution is 6.27. The molecule has 0 bridgehead atoms. The van der Waals surface area contributed by atoms with Gasteiger partial charge in [-0.3, -0.25) is 14.5 Å². The molecule has 4 nitrogen and oxygen atoms in total. The second kappa shape index (κ2) is 8.94. The number of amides is 2. The van der Waals surface area contributed by atoms with Crippen LogP contribution in [-0.4, -0.2) is 22.8 Å². The standard InChI is InChI=1S/C32H29NO3/c1-3-5-6-11-20(4-2)33-31(34)26-16-9-13-23-21(18-19-27(29(23)26)32(33)35)24-14-10-15-25-22-12-7-8-17-28(22)36-30(24)25/h7-10,12-20H,3-6,11H2,1-2H3. The Bertz CT molecular complexity index is 1620. The van der Waals surface area contributed by atoms with Crippen LogP contribution in [0, 0.1) is 0 Å². The molecule has 1 aromatic heterocycles. The van der Waals surface area contributed by atoms with E-state index in [2.05, 4.69) is 26.0 Å². The van der Waals surface area contributed by atoms with Crippen LogP contribution in [0.3, 0.4) is 0 Å². The summed E-state index contributed by atoms with van der Waals surface area (Å²) < 4.78 is 6.30. The van der Waals surface area contributed by atoms with Gasteiger partial charge in [-0.25, -0.2) is 0 Å². The number of furan rings is 1. The molecule has 1 unspecified atom stereocenters. The van der Waals surface area contributed by atoms with Gasteiger partial charge in [0, 0.05) is 38.9 Å². The highest BCUT2D eigenvalue weighted by Gasteiger charge is 2.37. The Labute approximate surface area is 210 Å². The highest BCUT2D eigenvalue weighted by Crippen LogP contribution is 2.41. The average Bonchev–Trinajstić information content (AvgIpc) is 3.29. The molecule has 6 rings (SSSR count). The minimum absolute atomic E-state index is 0.0797. The Morgan fingerprint density at radius 3 is 2.14 bits per heavy atom. The fourth-order valence-electron chi connectivity index (χ4n) is 5.79. The van der Waals surface area contributed by atoms with E-state index in [1.807, 2.05) is 60.7 Å². The Morgan fingerprint density at radius 1 is 0.694 bits per heavy atom. The van der Waals surface area contributed by atoms with Gasteiger partial charge in [0.15, 0.2) is 0 Å². The van der Waals surface area contributed by atoms with Gasteiger partial charge in [-0.15, -0.1) is 0 Å². The lowest BCUT2D eigenvalue weighted by Gasteiger charge is -2.34. The fraction of sp³-hybridized carbons (Fsp3) is 0.250. The molecule has 0 spiro atoms. The first kappa shape index (κ1) is 22.5. The number of hydrogen-bond donors (Lipinski definition) is 0. The molecule has 0 saturated heterocycles. The molecule has 5 aromatic rings. The molecule has 180 valence electrons. The number of hydrogen-bond acceptors (Lipinski definition) is 3. The Morgan fingerprint density at radius 2 is 1.36 bits per heavy atom. The van der Waals surface area contributed by atoms with E-state index in [1.165, 1.54) is 4.90 Å². The Kier molecular flexibility index (Phi) is 5.60. The van der Waals surface area contributed by atoms with Crippen LogP contribution in [0.1, 0.15) is 66.7 Å². The monoisotopic (exact) mass is 475 g/mol. The number of carbonyl (C=O) groups is 2. The second-order valence-electron chi connectivity index (χ2n) is 9.71. The normalized spacial score (nSPS) is 14.3. The first-order valence-electron chi connectivity index (χ1n) is 13.0. The van der Waals surface area contributed by atoms with Gasteiger partial charge < -0.3 is 4.42 Å². The Balaban J connectivity index is 1.52. The summed E-state index contributed by atoms with van der Waals surface area (Å²) in [4.78, 5) is 28.9. The van der Waals surface area contributed by atoms with Crippen LogP contribution >= 0.6 is 0 Å². The van der Waals surface area contributed by atoms with Crippen molar-refractivity contribution < 1.29 is 14.0 Å². The molecule has 0 radical (unpaired) electrons. The minimum Gasteiger partial charge on any atom is -0.455 e. The van der Waals surface area contributed by atoms with E-state index in [9.17, 15) is 9.59 Å². The molecule has 0 aliphatic carbocycles. The van der Waals surface area contributed by atoms with Crippen LogP contribution in [0.2, 0.25) is 0 Å². The molecule has 2 amide bonds. The van der Waals surface area contributed by atoms with Gasteiger partial charge in [-0.1, -0.05) is 87.7 Å². The van der Waals surface area contributed by atoms with Crippen molar-refractivity contribution in [3.05, 3.63) is 83.9 Å². The van der Waals surface area contributed by atoms with Crippen molar-refractivity contribution in [3.8, 4) is 11.1 Å². The molecule has 1 aliphatic heterocycles. The predicted molar refractivity (Wildman–Crippen MR) is 145 cm³/mol. The zero-order valence-corrected chi connectivity index (χ0v) is 20.7. The maximum atomic E-state index is 13.7. The summed E-state index contributed by atoms with van der Waals surface area (Å²) in [7, 11) is 0. The summed E-state index contributed by atoms with van der Waals surface area (Å²) in [6.07, 6.45) is 4.85. The van der Waals surface area contributed by atoms with Crippen LogP contribution in [0.4, 0.5) is 0 Å². The predicted octanol–water partition coefficient (Wildman–Crippen LogP) is 8.36. The van der Waals surface area contributed by atoms with Gasteiger partial charge in [-0.05, 0) is 42.0 Å². The molecule has 0 N–H and O–H groups in total. The zero-order chi connectivity index (χ0) is 24.8. The molecular weight excluding hydrogens is 446 g/mol. The lowest BCUT2D eigenvalue weighted by Crippen LogP contribution is -2.46. The van der Waals surface area contributed by atoms with Gasteiger partial charge in [-0.2, -0.15) is 0 Å². The van der Waals surface area contributed by atoms with Gasteiger partial charge in [0.05, 0.1) is 0 Å². The highest BCUT2D eigenvalue weighted by atomic mass is 16.3. The second-order valence-corrected chi connectivity index (χ2v) is 9.71. The van der Waals surface area contributed by atoms with Crippen LogP contribution in [-0.2, 0) is 0 Å². The van der Waals surface area contributed by atoms with E-state index in [0.29, 0.717) is 11.1 Å². The molecule has 36 heavy (non-hydrogen) atoms. The quantitative estimate of drug-likeness (QED) is 0.175. The number of unbranched alkanes of at least 4 members (excludes halogenated alkanes) is 2. The van der Waals surface area contributed by atoms with E-state index < -0.39 is 0 Å². The third-order valence-corrected chi connectivity index (χ3v) is 7.61. The van der Waals surface area contributed by atoms with Gasteiger partial charge in [0.1, 0.15) is 11.2 Å². The van der Waals surface area contributed by atoms with Crippen molar-refractivity contribution in [1.82, 2.24) is 4.90 Å². The molecule has 4 heteroatoms. The van der Waals surface area contributed by atoms with E-state index >= 15 is 0 Å². The maximum Gasteiger partial charge on any atom is 0.261 e. The number of benzene rings is 4. The molecule has 1 atom stereocenters. The number of nitrogens with zero attached hydrogens (tertiary/aromatic N) is 1. The lowest BCUT2D eigenvalue weighted by molar-refractivity contribution is 0.0524. The van der Waals surface area contributed by atoms with Crippen LogP contribution in [0.25, 0.3) is 43.8 Å². The first-order valence-corrected chi connectivity index (χ1v) is 13.0. The van der Waals surface area contributed by atoms with E-state index in [1.54, 1.807) is 0 Å². The maximum absolute atomic E-state index is 13.7. The number of imide groups is 1. The minimum atomic E-state index is -0.180. The van der Waals surface area contributed by atoms with Crippen LogP contribution < -0.4 is 0 Å². The van der Waals surface area contributed by atoms with Gasteiger partial charge >= 0.3 is 0 Å². The number of carbonyl (C=O) groups excluding carboxylic acids is 2. The fourth-order valence-corrected chi connectivity index (χ4v) is 5.79. The molecule has 2 heterocycles. The Hall–Kier alpha value is -3.92. The van der Waals surface area contributed by atoms with E-state index in [4.69, 9.17) is 4.42 Å². The number of para-hydroxylation sites is 2. The van der Waals surface area contributed by atoms with Crippen LogP contribution in [0.5, 0.6) is 0 Å². The molecule has 4 aromatic carbocycles. The summed E-state index contributed by atoms with van der Waals surface area (Å²) in [5, 5.41) is 3.78. The number of fused-ring (bicyclic) bond motifs is 3. The summed E-state index contributed by atoms with van der Waals surface area (Å²) in [6.45, 7) is 4.23. The lowest BCUT2D eigenvalue weighted by atomic mass is 9.87. The third-order valence-electron chi connectivity index (χ3n) is 7.61. The average molecular weight is 476 g/mol. The van der Waals surface area contributed by atoms with Crippen molar-refractivity contribution in [2.75, 3.05) is 0 Å². The van der Waals surface area contributed by atoms with Gasteiger partial charge in [0.2, 0.25) is 0 Å². The molecular formula is C32H29NO3. The van der Waals surface area contributed by atoms with Crippen LogP contribution in [0.15, 0.2) is 77.2 Å². The smallest absolute Gasteiger partial charge is 0.261 e. The van der Waals surface area contributed by atoms with Crippen molar-refractivity contribution in [3.63, 3.8) is 0 Å². The zero-order valence-electron chi connectivity index (χ0n) is 20.7. The van der Waals surface area contributed by atoms with Crippen molar-refractivity contribution in [2.24, 2.45) is 0 Å². The van der Waals surface area contributed by atoms with Gasteiger partial charge in [0.25, 0.3) is 11.8 Å². The van der Waals surface area contributed by atoms with Crippen molar-refractivity contribution in [2.45, 2.75) is 52.0 Å². The van der Waals surface area contributed by atoms with Crippen molar-refractivity contribution in [1.29, 1.82) is 0 Å². The summed E-state index contributed by atoms with van der Waals surface area (Å²) in [6, 6.07) is 23.8. The summed E-state index contributed by atoms with van der Waals surface area (Å²) in [5.41, 5.74) is 4.79. The molecule has 0 fully saturated rings. The molecule has 1 aliphatic rings. The number of rotatable bonds is 7.